The largest absolute Gasteiger partial charge is 0.477 e. The monoisotopic (exact) mass is 322 g/mol. The van der Waals surface area contributed by atoms with E-state index in [1.165, 1.54) is 0 Å². The Morgan fingerprint density at radius 1 is 1.50 bits per heavy atom. The lowest BCUT2D eigenvalue weighted by molar-refractivity contribution is -0.263. The molecule has 1 unspecified atom stereocenters. The van der Waals surface area contributed by atoms with E-state index >= 15 is 0 Å². The summed E-state index contributed by atoms with van der Waals surface area (Å²) in [6, 6.07) is -1.31. The van der Waals surface area contributed by atoms with Gasteiger partial charge in [0.15, 0.2) is 0 Å². The fourth-order valence-electron chi connectivity index (χ4n) is 2.08. The maximum Gasteiger partial charge on any atom is 0.364 e. The number of nitrogens with one attached hydrogen (secondary N) is 1. The molecule has 126 valence electrons. The lowest BCUT2D eigenvalue weighted by Crippen LogP contribution is -2.66. The van der Waals surface area contributed by atoms with Gasteiger partial charge in [-0.2, -0.15) is 0 Å². The average molecular weight is 322 g/mol. The van der Waals surface area contributed by atoms with E-state index < -0.39 is 55.0 Å². The lowest BCUT2D eigenvalue weighted by Gasteiger charge is -2.42. The van der Waals surface area contributed by atoms with Crippen LogP contribution in [0.15, 0.2) is 5.16 Å². The van der Waals surface area contributed by atoms with E-state index in [9.17, 15) is 24.9 Å². The van der Waals surface area contributed by atoms with Gasteiger partial charge in [0.1, 0.15) is 18.3 Å². The first-order valence-corrected chi connectivity index (χ1v) is 6.24. The molecule has 7 N–H and O–H groups in total. The number of rotatable bonds is 5. The van der Waals surface area contributed by atoms with E-state index in [1.54, 1.807) is 0 Å². The predicted octanol–water partition coefficient (Wildman–Crippen LogP) is -3.40. The number of hydrogen-bond acceptors (Lipinski definition) is 9. The van der Waals surface area contributed by atoms with Crippen molar-refractivity contribution in [2.45, 2.75) is 43.5 Å². The van der Waals surface area contributed by atoms with Gasteiger partial charge in [-0.15, -0.1) is 0 Å². The Bertz CT molecular complexity index is 468. The highest BCUT2D eigenvalue weighted by Gasteiger charge is 2.53. The number of carboxylic acids is 1. The number of hydrogen-bond donors (Lipinski definition) is 7. The molecule has 5 atom stereocenters. The fraction of sp³-hybridized carbons (Fsp3) is 0.727. The molecule has 1 amide bonds. The summed E-state index contributed by atoms with van der Waals surface area (Å²) in [7, 11) is 0. The van der Waals surface area contributed by atoms with Crippen LogP contribution < -0.4 is 5.32 Å². The zero-order valence-electron chi connectivity index (χ0n) is 11.6. The minimum atomic E-state index is -2.82. The average Bonchev–Trinajstić information content (AvgIpc) is 2.46. The SMILES string of the molecule is CC(=O)N[C@@H]1/C(=N/O)C[C@@](O)(C(=O)O)OC1[C@H](O)[C@H](O)CO. The Morgan fingerprint density at radius 3 is 2.50 bits per heavy atom. The molecular weight excluding hydrogens is 304 g/mol. The van der Waals surface area contributed by atoms with Gasteiger partial charge in [-0.25, -0.2) is 4.79 Å². The van der Waals surface area contributed by atoms with Crippen molar-refractivity contribution >= 4 is 17.6 Å². The van der Waals surface area contributed by atoms with E-state index in [4.69, 9.17) is 20.2 Å². The number of oxime groups is 1. The Morgan fingerprint density at radius 2 is 2.09 bits per heavy atom. The summed E-state index contributed by atoms with van der Waals surface area (Å²) in [5.74, 6) is -5.26. The molecule has 1 aliphatic heterocycles. The Kier molecular flexibility index (Phi) is 5.79. The van der Waals surface area contributed by atoms with Gasteiger partial charge < -0.3 is 40.8 Å². The van der Waals surface area contributed by atoms with Crippen molar-refractivity contribution in [3.8, 4) is 0 Å². The molecule has 0 aliphatic carbocycles. The molecular formula is C11H18N2O9. The van der Waals surface area contributed by atoms with Crippen LogP contribution in [0, 0.1) is 0 Å². The van der Waals surface area contributed by atoms with Crippen molar-refractivity contribution < 1.29 is 45.1 Å². The van der Waals surface area contributed by atoms with Crippen LogP contribution >= 0.6 is 0 Å². The molecule has 1 fully saturated rings. The van der Waals surface area contributed by atoms with Gasteiger partial charge in [0.05, 0.1) is 24.8 Å². The predicted molar refractivity (Wildman–Crippen MR) is 68.0 cm³/mol. The Labute approximate surface area is 124 Å². The number of carbonyl (C=O) groups is 2. The smallest absolute Gasteiger partial charge is 0.364 e. The summed E-state index contributed by atoms with van der Waals surface area (Å²) < 4.78 is 4.89. The van der Waals surface area contributed by atoms with E-state index in [0.717, 1.165) is 6.92 Å². The summed E-state index contributed by atoms with van der Waals surface area (Å²) in [4.78, 5) is 22.3. The highest BCUT2D eigenvalue weighted by molar-refractivity contribution is 5.97. The van der Waals surface area contributed by atoms with Crippen molar-refractivity contribution in [3.05, 3.63) is 0 Å². The molecule has 1 rings (SSSR count). The second-order valence-electron chi connectivity index (χ2n) is 4.86. The third-order valence-electron chi connectivity index (χ3n) is 3.18. The maximum atomic E-state index is 11.2. The van der Waals surface area contributed by atoms with E-state index in [-0.39, 0.29) is 5.71 Å². The van der Waals surface area contributed by atoms with Crippen LogP contribution in [-0.2, 0) is 14.3 Å². The third kappa shape index (κ3) is 3.69. The van der Waals surface area contributed by atoms with Crippen LogP contribution in [-0.4, -0.2) is 85.1 Å². The Balaban J connectivity index is 3.21. The number of carboxylic acid groups (broad SMARTS) is 1. The summed E-state index contributed by atoms with van der Waals surface area (Å²) in [6.45, 7) is 0.226. The van der Waals surface area contributed by atoms with Crippen LogP contribution in [0.4, 0.5) is 0 Å². The van der Waals surface area contributed by atoms with Gasteiger partial charge in [-0.05, 0) is 0 Å². The van der Waals surface area contributed by atoms with Gasteiger partial charge in [0.25, 0.3) is 5.79 Å². The van der Waals surface area contributed by atoms with E-state index in [2.05, 4.69) is 10.5 Å². The molecule has 22 heavy (non-hydrogen) atoms. The quantitative estimate of drug-likeness (QED) is 0.200. The van der Waals surface area contributed by atoms with Gasteiger partial charge in [0.2, 0.25) is 5.91 Å². The van der Waals surface area contributed by atoms with Crippen molar-refractivity contribution in [2.24, 2.45) is 5.16 Å². The highest BCUT2D eigenvalue weighted by atomic mass is 16.7. The van der Waals surface area contributed by atoms with Crippen molar-refractivity contribution in [2.75, 3.05) is 6.61 Å². The summed E-state index contributed by atoms with van der Waals surface area (Å²) in [5, 5.41) is 61.2. The second kappa shape index (κ2) is 6.98. The molecule has 11 nitrogen and oxygen atoms in total. The summed E-state index contributed by atoms with van der Waals surface area (Å²) >= 11 is 0. The molecule has 1 saturated heterocycles. The maximum absolute atomic E-state index is 11.2. The van der Waals surface area contributed by atoms with Crippen LogP contribution in [0.2, 0.25) is 0 Å². The number of nitrogens with zero attached hydrogens (tertiary/aromatic N) is 1. The van der Waals surface area contributed by atoms with Gasteiger partial charge in [-0.1, -0.05) is 5.16 Å². The molecule has 1 heterocycles. The van der Waals surface area contributed by atoms with Crippen LogP contribution in [0.1, 0.15) is 13.3 Å². The zero-order valence-corrected chi connectivity index (χ0v) is 11.6. The first kappa shape index (κ1) is 18.3. The number of carbonyl (C=O) groups excluding carboxylic acids is 1. The molecule has 1 aliphatic rings. The second-order valence-corrected chi connectivity index (χ2v) is 4.86. The summed E-state index contributed by atoms with van der Waals surface area (Å²) in [6.07, 6.45) is -6.06. The number of amides is 1. The standard InChI is InChI=1S/C11H18N2O9/c1-4(15)12-7-5(13-21)2-11(20,10(18)19)22-9(7)8(17)6(16)3-14/h6-9,14,16-17,20-21H,2-3H2,1H3,(H,12,15)(H,18,19)/b13-5+/t6-,7-,8-,9?,11+/m1/s1. The molecule has 0 bridgehead atoms. The highest BCUT2D eigenvalue weighted by Crippen LogP contribution is 2.28. The minimum absolute atomic E-state index is 0.375. The van der Waals surface area contributed by atoms with Gasteiger partial charge >= 0.3 is 5.97 Å². The third-order valence-corrected chi connectivity index (χ3v) is 3.18. The molecule has 0 aromatic rings. The minimum Gasteiger partial charge on any atom is -0.477 e. The van der Waals surface area contributed by atoms with E-state index in [0.29, 0.717) is 0 Å². The number of aliphatic hydroxyl groups excluding tert-OH is 3. The lowest BCUT2D eigenvalue weighted by atomic mass is 9.89. The van der Waals surface area contributed by atoms with Crippen LogP contribution in [0.3, 0.4) is 0 Å². The fourth-order valence-corrected chi connectivity index (χ4v) is 2.08. The number of ether oxygens (including phenoxy) is 1. The van der Waals surface area contributed by atoms with Crippen molar-refractivity contribution in [1.29, 1.82) is 0 Å². The van der Waals surface area contributed by atoms with Crippen molar-refractivity contribution in [3.63, 3.8) is 0 Å². The molecule has 0 aromatic carbocycles. The topological polar surface area (TPSA) is 189 Å². The van der Waals surface area contributed by atoms with Gasteiger partial charge in [-0.3, -0.25) is 4.79 Å². The molecule has 0 saturated carbocycles. The Hall–Kier alpha value is -1.79. The van der Waals surface area contributed by atoms with Crippen molar-refractivity contribution in [1.82, 2.24) is 5.32 Å². The normalized spacial score (nSPS) is 33.2. The first-order valence-electron chi connectivity index (χ1n) is 6.24. The number of aliphatic carboxylic acids is 1. The molecule has 11 heteroatoms. The first-order chi connectivity index (χ1) is 10.2. The van der Waals surface area contributed by atoms with Gasteiger partial charge in [0, 0.05) is 6.92 Å². The van der Waals surface area contributed by atoms with Crippen LogP contribution in [0.25, 0.3) is 0 Å². The molecule has 0 spiro atoms. The number of aliphatic hydroxyl groups is 4. The van der Waals surface area contributed by atoms with Crippen LogP contribution in [0.5, 0.6) is 0 Å². The molecule has 0 radical (unpaired) electrons. The molecule has 0 aromatic heterocycles. The zero-order chi connectivity index (χ0) is 17.1. The summed E-state index contributed by atoms with van der Waals surface area (Å²) in [5.41, 5.74) is -0.375. The van der Waals surface area contributed by atoms with E-state index in [1.807, 2.05) is 0 Å².